The van der Waals surface area contributed by atoms with Gasteiger partial charge in [0.2, 0.25) is 12.0 Å². The molecule has 0 amide bonds. The molecule has 1 spiro atoms. The van der Waals surface area contributed by atoms with Gasteiger partial charge >= 0.3 is 23.9 Å². The number of Topliss-reactive ketones (excluding diaryl/α,β-unsaturated/α-hetero) is 1. The highest BCUT2D eigenvalue weighted by Crippen LogP contribution is 2.65. The van der Waals surface area contributed by atoms with Gasteiger partial charge in [0.25, 0.3) is 0 Å². The fourth-order valence-corrected chi connectivity index (χ4v) is 15.0. The number of hydrogen-bond acceptors (Lipinski definition) is 14. The fraction of sp³-hybridized carbons (Fsp3) is 0.600. The summed E-state index contributed by atoms with van der Waals surface area (Å²) >= 11 is 0. The normalized spacial score (nSPS) is 36.7. The van der Waals surface area contributed by atoms with Gasteiger partial charge in [0.05, 0.1) is 29.6 Å². The summed E-state index contributed by atoms with van der Waals surface area (Å²) in [5.41, 5.74) is -6.56. The second-order valence-electron chi connectivity index (χ2n) is 19.9. The first-order valence-electron chi connectivity index (χ1n) is 23.1. The summed E-state index contributed by atoms with van der Waals surface area (Å²) in [4.78, 5) is 77.3. The van der Waals surface area contributed by atoms with Gasteiger partial charge in [0.1, 0.15) is 29.5 Å². The Morgan fingerprint density at radius 2 is 1.49 bits per heavy atom. The molecule has 15 heteroatoms. The van der Waals surface area contributed by atoms with Crippen LogP contribution in [0.2, 0.25) is 18.1 Å². The Morgan fingerprint density at radius 1 is 0.877 bits per heavy atom. The maximum absolute atomic E-state index is 16.3. The Labute approximate surface area is 381 Å². The van der Waals surface area contributed by atoms with E-state index < -0.39 is 108 Å². The Bertz CT molecular complexity index is 2300. The number of ether oxygens (including phenoxy) is 6. The third-order valence-electron chi connectivity index (χ3n) is 16.3. The van der Waals surface area contributed by atoms with Crippen LogP contribution < -0.4 is 0 Å². The lowest BCUT2D eigenvalue weighted by Gasteiger charge is -2.68. The minimum atomic E-state index is -2.59. The van der Waals surface area contributed by atoms with E-state index in [0.29, 0.717) is 23.5 Å². The second-order valence-corrected chi connectivity index (χ2v) is 24.6. The number of benzene rings is 2. The summed E-state index contributed by atoms with van der Waals surface area (Å²) in [6, 6.07) is 19.7. The van der Waals surface area contributed by atoms with Crippen molar-refractivity contribution >= 4 is 43.9 Å². The van der Waals surface area contributed by atoms with Crippen LogP contribution in [0.25, 0.3) is 0 Å². The molecule has 1 saturated heterocycles. The Hall–Kier alpha value is -4.70. The van der Waals surface area contributed by atoms with E-state index in [-0.39, 0.29) is 36.5 Å². The van der Waals surface area contributed by atoms with Gasteiger partial charge < -0.3 is 38.0 Å². The molecule has 1 unspecified atom stereocenters. The standard InChI is InChI=1S/C50H63NO13Si/c1-11-65(12-2,13-3)64-35-24-36-49(27-58-36,63-31(7)53)39-41(62-44(55)33-22-18-15-19-23-33)50(57)26-34(29(5)37(46(50,8)9)38(59-30(6)52)40(54)47(35,39)10)60-45(56)42-48(25-28(48)4)51-43(61-42)32-20-16-14-17-21-32/h14-23,28,34-36,38-39,41-42,57H,11-13,24-27H2,1-10H3/t28?,34-,35-,36+,38+,39-,41-,42-,47+,48-,49-,50+/m0/s1. The summed E-state index contributed by atoms with van der Waals surface area (Å²) in [6.45, 7) is 17.3. The van der Waals surface area contributed by atoms with Crippen LogP contribution in [0, 0.1) is 22.7 Å². The molecule has 350 valence electrons. The molecule has 4 fully saturated rings. The van der Waals surface area contributed by atoms with Crippen LogP contribution in [0.5, 0.6) is 0 Å². The number of rotatable bonds is 12. The van der Waals surface area contributed by atoms with Crippen molar-refractivity contribution in [3.63, 3.8) is 0 Å². The average molecular weight is 914 g/mol. The van der Waals surface area contributed by atoms with E-state index in [0.717, 1.165) is 18.1 Å². The van der Waals surface area contributed by atoms with Crippen molar-refractivity contribution in [2.24, 2.45) is 27.7 Å². The first-order valence-corrected chi connectivity index (χ1v) is 25.6. The predicted octanol–water partition coefficient (Wildman–Crippen LogP) is 6.86. The maximum atomic E-state index is 16.3. The van der Waals surface area contributed by atoms with Crippen LogP contribution in [0.4, 0.5) is 0 Å². The summed E-state index contributed by atoms with van der Waals surface area (Å²) in [5.74, 6) is -4.60. The number of aliphatic hydroxyl groups is 1. The number of carbonyl (C=O) groups is 5. The number of hydrogen-bond donors (Lipinski definition) is 1. The monoisotopic (exact) mass is 913 g/mol. The highest BCUT2D eigenvalue weighted by atomic mass is 28.4. The van der Waals surface area contributed by atoms with Crippen LogP contribution in [-0.4, -0.2) is 109 Å². The van der Waals surface area contributed by atoms with E-state index >= 15 is 4.79 Å². The van der Waals surface area contributed by atoms with Crippen molar-refractivity contribution in [2.75, 3.05) is 6.61 Å². The van der Waals surface area contributed by atoms with Gasteiger partial charge in [-0.3, -0.25) is 14.4 Å². The zero-order valence-electron chi connectivity index (χ0n) is 39.1. The molecule has 2 aromatic rings. The SMILES string of the molecule is CC[Si](CC)(CC)O[C@H]1C[C@H]2OC[C@@]2(OC(C)=O)[C@H]2[C@H](OC(=O)c3ccccc3)[C@]3(O)C[C@H](OC(=O)[C@@H]4OC(c5ccccc5)=N[C@]45CC5C)C(C)=C([C@@H](OC(C)=O)C(=O)[C@]12C)C3(C)C. The summed E-state index contributed by atoms with van der Waals surface area (Å²) in [5, 5.41) is 14.1. The minimum Gasteiger partial charge on any atom is -0.459 e. The maximum Gasteiger partial charge on any atom is 0.350 e. The molecule has 0 radical (unpaired) electrons. The number of fused-ring (bicyclic) bond motifs is 5. The van der Waals surface area contributed by atoms with Crippen molar-refractivity contribution < 1.29 is 61.9 Å². The smallest absolute Gasteiger partial charge is 0.350 e. The lowest BCUT2D eigenvalue weighted by molar-refractivity contribution is -0.344. The van der Waals surface area contributed by atoms with Crippen molar-refractivity contribution in [2.45, 2.75) is 160 Å². The van der Waals surface area contributed by atoms with Crippen LogP contribution in [-0.2, 0) is 52.0 Å². The number of nitrogens with zero attached hydrogens (tertiary/aromatic N) is 1. The third-order valence-corrected chi connectivity index (χ3v) is 20.9. The van der Waals surface area contributed by atoms with Crippen molar-refractivity contribution in [1.82, 2.24) is 0 Å². The van der Waals surface area contributed by atoms with Gasteiger partial charge in [0, 0.05) is 37.7 Å². The minimum absolute atomic E-state index is 0.00167. The van der Waals surface area contributed by atoms with Gasteiger partial charge in [-0.25, -0.2) is 14.6 Å². The molecule has 4 aliphatic carbocycles. The van der Waals surface area contributed by atoms with Crippen LogP contribution in [0.15, 0.2) is 76.8 Å². The molecular formula is C50H63NO13Si. The zero-order chi connectivity index (χ0) is 47.1. The second kappa shape index (κ2) is 16.6. The quantitative estimate of drug-likeness (QED) is 0.101. The summed E-state index contributed by atoms with van der Waals surface area (Å²) < 4.78 is 45.7. The van der Waals surface area contributed by atoms with Crippen molar-refractivity contribution in [1.29, 1.82) is 0 Å². The lowest BCUT2D eigenvalue weighted by Crippen LogP contribution is -2.82. The average Bonchev–Trinajstić information content (AvgIpc) is 3.75. The van der Waals surface area contributed by atoms with Gasteiger partial charge in [-0.2, -0.15) is 0 Å². The Kier molecular flexibility index (Phi) is 11.9. The molecule has 1 N–H and O–H groups in total. The molecule has 0 aromatic heterocycles. The van der Waals surface area contributed by atoms with E-state index in [4.69, 9.17) is 37.8 Å². The Balaban J connectivity index is 1.33. The molecule has 2 bridgehead atoms. The molecule has 8 rings (SSSR count). The van der Waals surface area contributed by atoms with Crippen LogP contribution in [0.1, 0.15) is 104 Å². The highest BCUT2D eigenvalue weighted by Gasteiger charge is 2.79. The van der Waals surface area contributed by atoms with Crippen LogP contribution in [0.3, 0.4) is 0 Å². The number of ketones is 1. The van der Waals surface area contributed by atoms with Crippen molar-refractivity contribution in [3.8, 4) is 0 Å². The molecule has 2 aromatic carbocycles. The largest absolute Gasteiger partial charge is 0.459 e. The molecule has 2 heterocycles. The predicted molar refractivity (Wildman–Crippen MR) is 239 cm³/mol. The number of carbonyl (C=O) groups excluding carboxylic acids is 5. The number of aliphatic imine (C=N–C) groups is 1. The fourth-order valence-electron chi connectivity index (χ4n) is 12.1. The molecule has 65 heavy (non-hydrogen) atoms. The van der Waals surface area contributed by atoms with Crippen molar-refractivity contribution in [3.05, 3.63) is 82.9 Å². The third kappa shape index (κ3) is 7.21. The van der Waals surface area contributed by atoms with Gasteiger partial charge in [-0.15, -0.1) is 0 Å². The van der Waals surface area contributed by atoms with E-state index in [1.807, 2.05) is 37.3 Å². The lowest BCUT2D eigenvalue weighted by atomic mass is 9.44. The molecule has 6 aliphatic rings. The van der Waals surface area contributed by atoms with E-state index in [2.05, 4.69) is 20.8 Å². The molecule has 14 nitrogen and oxygen atoms in total. The molecule has 12 atom stereocenters. The van der Waals surface area contributed by atoms with E-state index in [9.17, 15) is 24.3 Å². The number of esters is 4. The van der Waals surface area contributed by atoms with E-state index in [1.165, 1.54) is 13.8 Å². The summed E-state index contributed by atoms with van der Waals surface area (Å²) in [7, 11) is -2.59. The van der Waals surface area contributed by atoms with Gasteiger partial charge in [0.15, 0.2) is 25.8 Å². The van der Waals surface area contributed by atoms with E-state index in [1.54, 1.807) is 58.0 Å². The Morgan fingerprint density at radius 3 is 2.03 bits per heavy atom. The molecule has 2 aliphatic heterocycles. The molecular weight excluding hydrogens is 851 g/mol. The first-order chi connectivity index (χ1) is 30.7. The van der Waals surface area contributed by atoms with Gasteiger partial charge in [-0.1, -0.05) is 77.9 Å². The van der Waals surface area contributed by atoms with Gasteiger partial charge in [-0.05, 0) is 79.7 Å². The highest BCUT2D eigenvalue weighted by molar-refractivity contribution is 6.73. The summed E-state index contributed by atoms with van der Waals surface area (Å²) in [6.07, 6.45) is -7.06. The first kappa shape index (κ1) is 46.8. The molecule has 3 saturated carbocycles. The van der Waals surface area contributed by atoms with Crippen LogP contribution >= 0.6 is 0 Å². The topological polar surface area (TPSA) is 183 Å². The zero-order valence-corrected chi connectivity index (χ0v) is 40.1.